The summed E-state index contributed by atoms with van der Waals surface area (Å²) in [5, 5.41) is 5.83. The minimum absolute atomic E-state index is 0. The molecule has 0 N–H and O–H groups in total. The molecule has 0 fully saturated rings. The van der Waals surface area contributed by atoms with Gasteiger partial charge in [0.1, 0.15) is 0 Å². The van der Waals surface area contributed by atoms with Gasteiger partial charge in [0.15, 0.2) is 16.6 Å². The molecule has 50 heavy (non-hydrogen) atoms. The standard InChI is InChI=1S/C25H22P2.C7H21O2Si3.C3H5.3CO.Fe.Pd/c1-5-13-22(14-6-1)26(23-15-7-2-8-16-23)21-27(24-17-9-3-10-18-24)25-19-11-4-12-20-25;1-10(8-11(2,3)4)9-12(5,6)7;1-3-2;3*1-2;;/h1-20H,21H2;1-7H3;3H,1-2H2;;;;;/q;;-1;;;;;. The second-order valence-corrected chi connectivity index (χ2v) is 27.5. The van der Waals surface area contributed by atoms with Crippen LogP contribution in [0.2, 0.25) is 45.8 Å². The molecule has 4 aromatic carbocycles. The van der Waals surface area contributed by atoms with Crippen LogP contribution in [0.1, 0.15) is 0 Å². The van der Waals surface area contributed by atoms with E-state index < -0.39 is 41.8 Å². The van der Waals surface area contributed by atoms with Gasteiger partial charge >= 0.3 is 43.2 Å². The molecule has 5 nitrogen and oxygen atoms in total. The first-order valence-corrected chi connectivity index (χ1v) is 26.6. The zero-order chi connectivity index (χ0) is 37.0. The Morgan fingerprint density at radius 2 is 0.760 bits per heavy atom. The zero-order valence-corrected chi connectivity index (χ0v) is 37.3. The maximum Gasteiger partial charge on any atom is 0.00405 e. The number of hydrogen-bond donors (Lipinski definition) is 0. The quantitative estimate of drug-likeness (QED) is 0.0691. The van der Waals surface area contributed by atoms with Gasteiger partial charge in [-0.25, -0.2) is 19.6 Å². The van der Waals surface area contributed by atoms with Crippen molar-refractivity contribution in [2.45, 2.75) is 45.8 Å². The van der Waals surface area contributed by atoms with Gasteiger partial charge in [-0.2, -0.15) is 0 Å². The molecule has 0 aliphatic carbocycles. The fraction of sp³-hybridized carbons (Fsp3) is 0.211. The van der Waals surface area contributed by atoms with Crippen LogP contribution >= 0.6 is 15.8 Å². The molecule has 0 heterocycles. The molecule has 0 saturated heterocycles. The zero-order valence-electron chi connectivity index (χ0n) is 29.9. The average molecular weight is 893 g/mol. The maximum absolute atomic E-state index is 7.50. The van der Waals surface area contributed by atoms with E-state index in [0.29, 0.717) is 0 Å². The number of hydrogen-bond acceptors (Lipinski definition) is 2. The number of allylic oxidation sites excluding steroid dienone is 1. The Balaban J connectivity index is -0.000000391. The third-order valence-corrected chi connectivity index (χ3v) is 18.6. The molecule has 12 heteroatoms. The first kappa shape index (κ1) is 55.1. The Morgan fingerprint density at radius 1 is 0.580 bits per heavy atom. The van der Waals surface area contributed by atoms with E-state index >= 15 is 0 Å². The van der Waals surface area contributed by atoms with E-state index in [1.165, 1.54) is 33.2 Å². The van der Waals surface area contributed by atoms with Crippen LogP contribution < -0.4 is 21.2 Å². The molecular formula is C38H48FeO5P2PdSi3-. The third kappa shape index (κ3) is 26.1. The predicted octanol–water partition coefficient (Wildman–Crippen LogP) is 8.91. The second-order valence-electron chi connectivity index (χ2n) is 11.5. The van der Waals surface area contributed by atoms with E-state index in [2.05, 4.69) is 201 Å². The fourth-order valence-corrected chi connectivity index (χ4v) is 18.0. The number of benzene rings is 4. The number of rotatable bonds is 10. The van der Waals surface area contributed by atoms with Crippen molar-refractivity contribution in [2.24, 2.45) is 0 Å². The van der Waals surface area contributed by atoms with Crippen molar-refractivity contribution < 1.29 is 59.7 Å². The van der Waals surface area contributed by atoms with Crippen LogP contribution in [0.25, 0.3) is 0 Å². The van der Waals surface area contributed by atoms with Crippen LogP contribution in [-0.4, -0.2) is 31.8 Å². The minimum Gasteiger partial charge on any atom is -0.0622 e. The molecule has 0 amide bonds. The normalized spacial score (nSPS) is 9.68. The summed E-state index contributed by atoms with van der Waals surface area (Å²) in [5.41, 5.74) is 0. The molecule has 271 valence electrons. The molecule has 0 unspecified atom stereocenters. The van der Waals surface area contributed by atoms with Gasteiger partial charge in [0.2, 0.25) is 0 Å². The second kappa shape index (κ2) is 33.2. The van der Waals surface area contributed by atoms with E-state index in [1.807, 2.05) is 0 Å². The van der Waals surface area contributed by atoms with Crippen LogP contribution in [-0.2, 0) is 59.7 Å². The van der Waals surface area contributed by atoms with Crippen LogP contribution in [0.3, 0.4) is 0 Å². The first-order chi connectivity index (χ1) is 22.9. The summed E-state index contributed by atoms with van der Waals surface area (Å²) in [6.07, 6.45) is 1.50. The summed E-state index contributed by atoms with van der Waals surface area (Å²) in [7, 11) is -4.55. The summed E-state index contributed by atoms with van der Waals surface area (Å²) in [5.74, 6) is 1.17. The first-order valence-electron chi connectivity index (χ1n) is 14.9. The summed E-state index contributed by atoms with van der Waals surface area (Å²) in [4.78, 5) is 0. The summed E-state index contributed by atoms with van der Waals surface area (Å²) in [6.45, 7) is 35.3. The Bertz CT molecular complexity index is 1230. The van der Waals surface area contributed by atoms with Crippen molar-refractivity contribution in [3.63, 3.8) is 0 Å². The fourth-order valence-electron chi connectivity index (χ4n) is 4.08. The summed E-state index contributed by atoms with van der Waals surface area (Å²) in [6, 6.07) is 44.1. The van der Waals surface area contributed by atoms with Crippen LogP contribution in [0.5, 0.6) is 0 Å². The molecule has 4 aromatic rings. The van der Waals surface area contributed by atoms with Gasteiger partial charge in [0, 0.05) is 43.4 Å². The average Bonchev–Trinajstić information content (AvgIpc) is 3.08. The molecule has 1 radical (unpaired) electrons. The van der Waals surface area contributed by atoms with Crippen molar-refractivity contribution in [1.29, 1.82) is 0 Å². The van der Waals surface area contributed by atoms with Crippen molar-refractivity contribution >= 4 is 63.0 Å². The van der Waals surface area contributed by atoms with Gasteiger partial charge in [-0.1, -0.05) is 121 Å². The molecule has 0 bridgehead atoms. The van der Waals surface area contributed by atoms with E-state index in [1.54, 1.807) is 0 Å². The third-order valence-electron chi connectivity index (χ3n) is 5.45. The van der Waals surface area contributed by atoms with Gasteiger partial charge in [0.25, 0.3) is 0 Å². The maximum atomic E-state index is 7.50. The van der Waals surface area contributed by atoms with Crippen molar-refractivity contribution in [1.82, 2.24) is 0 Å². The SMILES string of the molecule is C=C[CH2-].C[Si](O[Si](C)(C)C)O[Si](C)(C)C.[C-]#[O+].[C-]#[O+].[C-]#[O+].[Fe].[Pd].c1ccc(P(CP(c2ccccc2)c2ccccc2)c2ccccc2)cc1. The predicted molar refractivity (Wildman–Crippen MR) is 211 cm³/mol. The molecule has 0 saturated carbocycles. The van der Waals surface area contributed by atoms with Crippen molar-refractivity contribution in [3.8, 4) is 0 Å². The van der Waals surface area contributed by atoms with Crippen molar-refractivity contribution in [2.75, 3.05) is 5.90 Å². The molecule has 4 rings (SSSR count). The Kier molecular flexibility index (Phi) is 36.6. The van der Waals surface area contributed by atoms with Crippen LogP contribution in [0.15, 0.2) is 134 Å². The van der Waals surface area contributed by atoms with E-state index in [4.69, 9.17) is 22.2 Å². The smallest absolute Gasteiger partial charge is 0.00405 e. The summed E-state index contributed by atoms with van der Waals surface area (Å²) >= 11 is 0. The van der Waals surface area contributed by atoms with Gasteiger partial charge in [-0.3, -0.25) is 0 Å². The summed E-state index contributed by atoms with van der Waals surface area (Å²) < 4.78 is 34.2. The Morgan fingerprint density at radius 3 is 0.920 bits per heavy atom. The molecule has 0 aliphatic rings. The molecule has 0 atom stereocenters. The van der Waals surface area contributed by atoms with Crippen LogP contribution in [0, 0.1) is 26.9 Å². The molecule has 0 spiro atoms. The van der Waals surface area contributed by atoms with Gasteiger partial charge in [0.05, 0.1) is 0 Å². The van der Waals surface area contributed by atoms with Crippen LogP contribution in [0.4, 0.5) is 0 Å². The van der Waals surface area contributed by atoms with Gasteiger partial charge in [-0.15, -0.1) is 0 Å². The monoisotopic (exact) mass is 892 g/mol. The topological polar surface area (TPSA) is 78.2 Å². The largest absolute Gasteiger partial charge is 0.0622 e. The Labute approximate surface area is 333 Å². The van der Waals surface area contributed by atoms with E-state index in [9.17, 15) is 0 Å². The van der Waals surface area contributed by atoms with Gasteiger partial charge < -0.3 is 8.23 Å². The molecule has 0 aromatic heterocycles. The minimum atomic E-state index is -1.38. The van der Waals surface area contributed by atoms with E-state index in [0.717, 1.165) is 0 Å². The Hall–Kier alpha value is -1.68. The van der Waals surface area contributed by atoms with Gasteiger partial charge in [-0.05, 0) is 82.9 Å². The molecule has 0 aliphatic heterocycles. The van der Waals surface area contributed by atoms with Crippen molar-refractivity contribution in [3.05, 3.63) is 161 Å². The molecular weight excluding hydrogens is 845 g/mol. The van der Waals surface area contributed by atoms with E-state index in [-0.39, 0.29) is 37.5 Å².